The molecule has 25 heavy (non-hydrogen) atoms. The van der Waals surface area contributed by atoms with Crippen molar-refractivity contribution in [3.05, 3.63) is 0 Å². The number of hydrogen-bond donors (Lipinski definition) is 1. The molecule has 2 atom stereocenters. The van der Waals surface area contributed by atoms with Crippen molar-refractivity contribution in [2.75, 3.05) is 5.75 Å². The van der Waals surface area contributed by atoms with Gasteiger partial charge in [-0.25, -0.2) is 0 Å². The Hall–Kier alpha value is -0.250. The predicted octanol–water partition coefficient (Wildman–Crippen LogP) is 6.66. The van der Waals surface area contributed by atoms with Crippen molar-refractivity contribution < 1.29 is 9.90 Å². The van der Waals surface area contributed by atoms with E-state index in [1.54, 1.807) is 11.8 Å². The Kier molecular flexibility index (Phi) is 17.0. The lowest BCUT2D eigenvalue weighted by atomic mass is 10.1. The van der Waals surface area contributed by atoms with E-state index in [1.165, 1.54) is 76.0 Å². The van der Waals surface area contributed by atoms with Gasteiger partial charge in [0.25, 0.3) is 0 Å². The molecule has 144 valence electrons. The van der Waals surface area contributed by atoms with E-state index in [0.29, 0.717) is 6.42 Å². The van der Waals surface area contributed by atoms with Crippen molar-refractivity contribution in [1.82, 2.24) is 0 Å². The summed E-state index contributed by atoms with van der Waals surface area (Å²) in [4.78, 5) is 10.9. The standard InChI is InChI=1S/C19H33NO2S3/c1-3-4-5-6-7-8-9-10-11-12-13-24-19(23)25-16(2)14-17(15-20)18(21)22/h16-17H,3-14H2,1-2H3,(H,21,22). The number of rotatable bonds is 15. The van der Waals surface area contributed by atoms with E-state index < -0.39 is 11.9 Å². The zero-order valence-corrected chi connectivity index (χ0v) is 18.1. The minimum Gasteiger partial charge on any atom is -0.480 e. The van der Waals surface area contributed by atoms with Gasteiger partial charge in [0.2, 0.25) is 0 Å². The number of aliphatic carboxylic acids is 1. The van der Waals surface area contributed by atoms with E-state index in [-0.39, 0.29) is 5.25 Å². The first-order chi connectivity index (χ1) is 12.0. The van der Waals surface area contributed by atoms with Crippen LogP contribution in [-0.4, -0.2) is 25.6 Å². The van der Waals surface area contributed by atoms with Gasteiger partial charge in [0.05, 0.1) is 6.07 Å². The monoisotopic (exact) mass is 403 g/mol. The summed E-state index contributed by atoms with van der Waals surface area (Å²) >= 11 is 8.56. The van der Waals surface area contributed by atoms with E-state index in [2.05, 4.69) is 6.92 Å². The van der Waals surface area contributed by atoms with E-state index >= 15 is 0 Å². The van der Waals surface area contributed by atoms with Gasteiger partial charge in [-0.05, 0) is 18.6 Å². The van der Waals surface area contributed by atoms with Crippen LogP contribution in [0, 0.1) is 17.2 Å². The third-order valence-electron chi connectivity index (χ3n) is 4.04. The molecule has 0 spiro atoms. The SMILES string of the molecule is CCCCCCCCCCCCSC(=S)SC(C)CC(C#N)C(=O)O. The molecule has 0 bridgehead atoms. The fourth-order valence-corrected chi connectivity index (χ4v) is 5.42. The van der Waals surface area contributed by atoms with Gasteiger partial charge in [0.15, 0.2) is 0 Å². The molecule has 0 aliphatic heterocycles. The molecular formula is C19H33NO2S3. The lowest BCUT2D eigenvalue weighted by Gasteiger charge is -2.12. The van der Waals surface area contributed by atoms with Gasteiger partial charge in [-0.2, -0.15) is 5.26 Å². The number of unbranched alkanes of at least 4 members (excludes halogenated alkanes) is 9. The Labute approximate surface area is 167 Å². The smallest absolute Gasteiger partial charge is 0.320 e. The summed E-state index contributed by atoms with van der Waals surface area (Å²) in [6.45, 7) is 4.19. The number of thioether (sulfide) groups is 2. The third kappa shape index (κ3) is 15.7. The number of carboxylic acid groups (broad SMARTS) is 1. The molecule has 0 radical (unpaired) electrons. The molecule has 1 N–H and O–H groups in total. The van der Waals surface area contributed by atoms with E-state index in [1.807, 2.05) is 13.0 Å². The van der Waals surface area contributed by atoms with Crippen molar-refractivity contribution in [2.45, 2.75) is 89.7 Å². The molecule has 0 aromatic carbocycles. The summed E-state index contributed by atoms with van der Waals surface area (Å²) in [6, 6.07) is 1.83. The second kappa shape index (κ2) is 17.2. The first-order valence-electron chi connectivity index (χ1n) is 9.47. The number of nitriles is 1. The van der Waals surface area contributed by atoms with Crippen LogP contribution in [-0.2, 0) is 4.79 Å². The van der Waals surface area contributed by atoms with Crippen LogP contribution >= 0.6 is 35.7 Å². The third-order valence-corrected chi connectivity index (χ3v) is 6.84. The second-order valence-corrected chi connectivity index (χ2v) is 10.2. The van der Waals surface area contributed by atoms with Crippen molar-refractivity contribution in [2.24, 2.45) is 5.92 Å². The molecule has 6 heteroatoms. The predicted molar refractivity (Wildman–Crippen MR) is 115 cm³/mol. The molecule has 0 fully saturated rings. The normalized spacial score (nSPS) is 13.2. The Morgan fingerprint density at radius 3 is 2.08 bits per heavy atom. The summed E-state index contributed by atoms with van der Waals surface area (Å²) in [5.74, 6) is -0.938. The maximum atomic E-state index is 10.9. The Bertz CT molecular complexity index is 410. The fourth-order valence-electron chi connectivity index (χ4n) is 2.53. The van der Waals surface area contributed by atoms with Crippen LogP contribution in [0.3, 0.4) is 0 Å². The van der Waals surface area contributed by atoms with Crippen LogP contribution in [0.5, 0.6) is 0 Å². The summed E-state index contributed by atoms with van der Waals surface area (Å²) in [6.07, 6.45) is 13.7. The first-order valence-corrected chi connectivity index (χ1v) is 11.7. The molecule has 3 nitrogen and oxygen atoms in total. The van der Waals surface area contributed by atoms with Gasteiger partial charge >= 0.3 is 5.97 Å². The Morgan fingerprint density at radius 1 is 1.08 bits per heavy atom. The van der Waals surface area contributed by atoms with Crippen LogP contribution in [0.15, 0.2) is 0 Å². The molecule has 0 saturated heterocycles. The Balaban J connectivity index is 3.52. The zero-order chi connectivity index (χ0) is 18.9. The highest BCUT2D eigenvalue weighted by molar-refractivity contribution is 8.47. The maximum Gasteiger partial charge on any atom is 0.320 e. The minimum atomic E-state index is -1.04. The van der Waals surface area contributed by atoms with Crippen LogP contribution in [0.2, 0.25) is 0 Å². The van der Waals surface area contributed by atoms with Crippen molar-refractivity contribution in [1.29, 1.82) is 5.26 Å². The van der Waals surface area contributed by atoms with Gasteiger partial charge in [0.1, 0.15) is 9.45 Å². The quantitative estimate of drug-likeness (QED) is 0.243. The number of hydrogen-bond acceptors (Lipinski definition) is 5. The molecule has 2 unspecified atom stereocenters. The lowest BCUT2D eigenvalue weighted by molar-refractivity contribution is -0.139. The average Bonchev–Trinajstić information content (AvgIpc) is 2.57. The lowest BCUT2D eigenvalue weighted by Crippen LogP contribution is -2.16. The van der Waals surface area contributed by atoms with E-state index in [0.717, 1.165) is 9.28 Å². The molecule has 0 aromatic heterocycles. The highest BCUT2D eigenvalue weighted by Crippen LogP contribution is 2.27. The van der Waals surface area contributed by atoms with Gasteiger partial charge < -0.3 is 5.11 Å². The molecule has 0 aliphatic rings. The minimum absolute atomic E-state index is 0.0634. The molecular weight excluding hydrogens is 370 g/mol. The Morgan fingerprint density at radius 2 is 1.60 bits per heavy atom. The summed E-state index contributed by atoms with van der Waals surface area (Å²) in [7, 11) is 0. The van der Waals surface area contributed by atoms with Crippen LogP contribution in [0.25, 0.3) is 0 Å². The van der Waals surface area contributed by atoms with Gasteiger partial charge in [-0.1, -0.05) is 83.9 Å². The molecule has 0 aliphatic carbocycles. The summed E-state index contributed by atoms with van der Waals surface area (Å²) in [5.41, 5.74) is 0. The highest BCUT2D eigenvalue weighted by atomic mass is 32.2. The maximum absolute atomic E-state index is 10.9. The van der Waals surface area contributed by atoms with Gasteiger partial charge in [-0.3, -0.25) is 4.79 Å². The highest BCUT2D eigenvalue weighted by Gasteiger charge is 2.20. The van der Waals surface area contributed by atoms with Gasteiger partial charge in [0, 0.05) is 5.25 Å². The number of carboxylic acids is 1. The first kappa shape index (κ1) is 24.8. The largest absolute Gasteiger partial charge is 0.480 e. The molecule has 0 heterocycles. The van der Waals surface area contributed by atoms with Crippen molar-refractivity contribution in [3.63, 3.8) is 0 Å². The topological polar surface area (TPSA) is 61.1 Å². The molecule has 0 saturated carbocycles. The fraction of sp³-hybridized carbons (Fsp3) is 0.842. The molecule has 0 rings (SSSR count). The molecule has 0 aromatic rings. The van der Waals surface area contributed by atoms with E-state index in [4.69, 9.17) is 22.6 Å². The van der Waals surface area contributed by atoms with Crippen LogP contribution < -0.4 is 0 Å². The average molecular weight is 404 g/mol. The number of nitrogens with zero attached hydrogens (tertiary/aromatic N) is 1. The van der Waals surface area contributed by atoms with Gasteiger partial charge in [-0.15, -0.1) is 23.5 Å². The molecule has 0 amide bonds. The van der Waals surface area contributed by atoms with Crippen molar-refractivity contribution in [3.8, 4) is 6.07 Å². The number of carbonyl (C=O) groups is 1. The summed E-state index contributed by atoms with van der Waals surface area (Å²) in [5, 5.41) is 17.8. The van der Waals surface area contributed by atoms with E-state index in [9.17, 15) is 4.79 Å². The van der Waals surface area contributed by atoms with Crippen molar-refractivity contribution >= 4 is 45.2 Å². The van der Waals surface area contributed by atoms with Crippen LogP contribution in [0.4, 0.5) is 0 Å². The second-order valence-electron chi connectivity index (χ2n) is 6.46. The van der Waals surface area contributed by atoms with Crippen LogP contribution in [0.1, 0.15) is 84.5 Å². The summed E-state index contributed by atoms with van der Waals surface area (Å²) < 4.78 is 0.866. The zero-order valence-electron chi connectivity index (χ0n) is 15.7. The number of thiocarbonyl (C=S) groups is 1.